The molecule has 0 aliphatic carbocycles. The highest BCUT2D eigenvalue weighted by Crippen LogP contribution is 2.34. The average molecular weight is 926 g/mol. The zero-order valence-corrected chi connectivity index (χ0v) is 35.1. The number of anilines is 2. The molecule has 0 radical (unpaired) electrons. The molecule has 0 saturated heterocycles. The van der Waals surface area contributed by atoms with Gasteiger partial charge in [-0.05, 0) is 83.4 Å². The monoisotopic (exact) mass is 923 g/mol. The van der Waals surface area contributed by atoms with E-state index >= 15 is 0 Å². The van der Waals surface area contributed by atoms with E-state index in [1.165, 1.54) is 19.5 Å². The molecule has 0 saturated carbocycles. The number of hydrogen-bond donors (Lipinski definition) is 5. The minimum atomic E-state index is -0.833. The number of nitrogens with one attached hydrogen (secondary N) is 2. The Labute approximate surface area is 356 Å². The minimum Gasteiger partial charge on any atom is -0.495 e. The van der Waals surface area contributed by atoms with Crippen LogP contribution in [-0.2, 0) is 9.59 Å². The van der Waals surface area contributed by atoms with Gasteiger partial charge in [-0.25, -0.2) is 19.9 Å². The summed E-state index contributed by atoms with van der Waals surface area (Å²) in [5.41, 5.74) is 17.2. The van der Waals surface area contributed by atoms with E-state index in [0.29, 0.717) is 29.0 Å². The average Bonchev–Trinajstić information content (AvgIpc) is 3.24. The van der Waals surface area contributed by atoms with Crippen LogP contribution in [0, 0.1) is 5.41 Å². The summed E-state index contributed by atoms with van der Waals surface area (Å²) in [6, 6.07) is 23.0. The first-order chi connectivity index (χ1) is 28.4. The number of aromatic nitrogens is 5. The number of fused-ring (bicyclic) bond motifs is 2. The Hall–Kier alpha value is -7.11. The molecular formula is C42H39Br2N9O6. The lowest BCUT2D eigenvalue weighted by Gasteiger charge is -2.11. The second-order valence-corrected chi connectivity index (χ2v) is 13.3. The van der Waals surface area contributed by atoms with E-state index in [9.17, 15) is 9.59 Å². The fraction of sp³-hybridized carbons (Fsp3) is 0.0714. The van der Waals surface area contributed by atoms with Crippen LogP contribution in [0.15, 0.2) is 132 Å². The number of carboxylic acid groups (broad SMARTS) is 1. The number of nitrogen functional groups attached to an aromatic ring is 1. The van der Waals surface area contributed by atoms with E-state index in [1.54, 1.807) is 50.4 Å². The van der Waals surface area contributed by atoms with Crippen molar-refractivity contribution in [3.63, 3.8) is 0 Å². The van der Waals surface area contributed by atoms with Gasteiger partial charge in [-0.1, -0.05) is 50.6 Å². The van der Waals surface area contributed by atoms with Crippen molar-refractivity contribution in [1.82, 2.24) is 24.9 Å². The standard InChI is InChI=1S/C22H16N4O.C9H7BrN2O.C8H8BrNO2.C2H4O2.CH4N2/c1-2-21(27)26-19-5-3-4-16(11-19)20-12-17(15-6-8-23-9-7-15)10-18-13-24-14-25-22(18)20;1-13-8-3-7(10)2-6-4-11-5-12-9(6)8;1-12-7-3-6(9)2-5(4-11)8(7)10;1-2(3)4;2-1-3/h2-14H,1H2,(H,26,27);2-5H,1H3;2-4H,10H2,1H3;1H3,(H,3,4);1H,(H3,2,3). The van der Waals surface area contributed by atoms with Gasteiger partial charge in [-0.2, -0.15) is 0 Å². The van der Waals surface area contributed by atoms with E-state index < -0.39 is 5.97 Å². The lowest BCUT2D eigenvalue weighted by atomic mass is 9.96. The van der Waals surface area contributed by atoms with E-state index in [0.717, 1.165) is 72.0 Å². The van der Waals surface area contributed by atoms with Crippen LogP contribution >= 0.6 is 31.9 Å². The van der Waals surface area contributed by atoms with Gasteiger partial charge in [0.2, 0.25) is 5.91 Å². The summed E-state index contributed by atoms with van der Waals surface area (Å²) >= 11 is 6.62. The number of nitrogens with two attached hydrogens (primary N) is 2. The van der Waals surface area contributed by atoms with Crippen molar-refractivity contribution in [3.8, 4) is 33.8 Å². The van der Waals surface area contributed by atoms with Crippen LogP contribution < -0.4 is 26.3 Å². The number of halogens is 2. The molecule has 0 aliphatic heterocycles. The van der Waals surface area contributed by atoms with Crippen molar-refractivity contribution in [2.45, 2.75) is 6.92 Å². The number of methoxy groups -OCH3 is 2. The largest absolute Gasteiger partial charge is 0.495 e. The summed E-state index contributed by atoms with van der Waals surface area (Å²) in [7, 11) is 3.13. The van der Waals surface area contributed by atoms with Gasteiger partial charge >= 0.3 is 0 Å². The second-order valence-electron chi connectivity index (χ2n) is 11.5. The Kier molecular flexibility index (Phi) is 18.7. The zero-order valence-electron chi connectivity index (χ0n) is 32.0. The van der Waals surface area contributed by atoms with Gasteiger partial charge in [-0.15, -0.1) is 0 Å². The Balaban J connectivity index is 0.000000242. The molecule has 0 aliphatic rings. The Morgan fingerprint density at radius 3 is 1.98 bits per heavy atom. The summed E-state index contributed by atoms with van der Waals surface area (Å²) < 4.78 is 11.9. The highest BCUT2D eigenvalue weighted by molar-refractivity contribution is 9.10. The number of amides is 1. The maximum atomic E-state index is 11.6. The SMILES string of the molecule is C=CC(=O)Nc1cccc(-c2cc(-c3ccncc3)cc3cncnc23)c1.CC(=O)O.COc1cc(Br)cc(C=O)c1N.COc1cc(Br)cc2cncnc12.N=CN. The molecule has 1 amide bonds. The summed E-state index contributed by atoms with van der Waals surface area (Å²) in [4.78, 5) is 51.9. The molecular weight excluding hydrogens is 886 g/mol. The molecule has 59 heavy (non-hydrogen) atoms. The van der Waals surface area contributed by atoms with Crippen molar-refractivity contribution in [1.29, 1.82) is 5.41 Å². The predicted molar refractivity (Wildman–Crippen MR) is 238 cm³/mol. The number of pyridine rings is 1. The molecule has 3 aromatic heterocycles. The summed E-state index contributed by atoms with van der Waals surface area (Å²) in [5.74, 6) is 0.183. The molecule has 0 atom stereocenters. The maximum Gasteiger partial charge on any atom is 0.300 e. The van der Waals surface area contributed by atoms with Gasteiger partial charge in [-0.3, -0.25) is 24.8 Å². The minimum absolute atomic E-state index is 0.245. The van der Waals surface area contributed by atoms with Gasteiger partial charge in [0.05, 0.1) is 31.8 Å². The number of carboxylic acids is 1. The number of aliphatic carboxylic acids is 1. The topological polar surface area (TPSA) is 242 Å². The highest BCUT2D eigenvalue weighted by Gasteiger charge is 2.11. The second kappa shape index (κ2) is 23.8. The van der Waals surface area contributed by atoms with Crippen LogP contribution in [0.3, 0.4) is 0 Å². The Morgan fingerprint density at radius 1 is 0.814 bits per heavy atom. The van der Waals surface area contributed by atoms with Crippen molar-refractivity contribution in [2.24, 2.45) is 5.73 Å². The highest BCUT2D eigenvalue weighted by atomic mass is 79.9. The molecule has 7 rings (SSSR count). The number of rotatable bonds is 7. The van der Waals surface area contributed by atoms with Crippen molar-refractivity contribution < 1.29 is 29.0 Å². The van der Waals surface area contributed by atoms with Crippen molar-refractivity contribution in [2.75, 3.05) is 25.3 Å². The predicted octanol–water partition coefficient (Wildman–Crippen LogP) is 8.38. The smallest absolute Gasteiger partial charge is 0.300 e. The molecule has 7 aromatic rings. The molecule has 17 heteroatoms. The van der Waals surface area contributed by atoms with Crippen LogP contribution in [-0.4, -0.2) is 68.7 Å². The first kappa shape index (κ1) is 46.3. The molecule has 0 spiro atoms. The number of carbonyl (C=O) groups excluding carboxylic acids is 2. The molecule has 7 N–H and O–H groups in total. The quantitative estimate of drug-likeness (QED) is 0.0332. The number of ether oxygens (including phenoxy) is 2. The zero-order chi connectivity index (χ0) is 43.3. The number of carbonyl (C=O) groups is 3. The van der Waals surface area contributed by atoms with Crippen LogP contribution in [0.4, 0.5) is 11.4 Å². The summed E-state index contributed by atoms with van der Waals surface area (Å²) in [6.45, 7) is 4.57. The fourth-order valence-corrected chi connectivity index (χ4v) is 5.97. The molecule has 3 heterocycles. The fourth-order valence-electron chi connectivity index (χ4n) is 5.06. The van der Waals surface area contributed by atoms with E-state index in [1.807, 2.05) is 48.5 Å². The molecule has 0 fully saturated rings. The van der Waals surface area contributed by atoms with E-state index in [-0.39, 0.29) is 5.91 Å². The molecule has 4 aromatic carbocycles. The lowest BCUT2D eigenvalue weighted by molar-refractivity contribution is -0.134. The van der Waals surface area contributed by atoms with E-state index in [4.69, 9.17) is 30.5 Å². The first-order valence-corrected chi connectivity index (χ1v) is 18.6. The number of aldehydes is 1. The summed E-state index contributed by atoms with van der Waals surface area (Å²) in [5, 5.41) is 18.0. The Morgan fingerprint density at radius 2 is 1.39 bits per heavy atom. The normalized spacial score (nSPS) is 9.64. The van der Waals surface area contributed by atoms with Gasteiger partial charge < -0.3 is 31.4 Å². The van der Waals surface area contributed by atoms with Crippen LogP contribution in [0.1, 0.15) is 17.3 Å². The molecule has 15 nitrogen and oxygen atoms in total. The molecule has 0 unspecified atom stereocenters. The van der Waals surface area contributed by atoms with Gasteiger partial charge in [0.25, 0.3) is 5.97 Å². The van der Waals surface area contributed by atoms with Gasteiger partial charge in [0.15, 0.2) is 6.29 Å². The molecule has 0 bridgehead atoms. The van der Waals surface area contributed by atoms with Crippen LogP contribution in [0.2, 0.25) is 0 Å². The first-order valence-electron chi connectivity index (χ1n) is 17.0. The van der Waals surface area contributed by atoms with Gasteiger partial charge in [0.1, 0.15) is 29.7 Å². The van der Waals surface area contributed by atoms with Crippen molar-refractivity contribution in [3.05, 3.63) is 137 Å². The Bertz CT molecular complexity index is 2540. The number of nitrogens with zero attached hydrogens (tertiary/aromatic N) is 5. The van der Waals surface area contributed by atoms with Gasteiger partial charge in [0, 0.05) is 68.2 Å². The number of benzene rings is 4. The lowest BCUT2D eigenvalue weighted by Crippen LogP contribution is -2.07. The third kappa shape index (κ3) is 14.1. The van der Waals surface area contributed by atoms with Crippen molar-refractivity contribution >= 4 is 89.5 Å². The summed E-state index contributed by atoms with van der Waals surface area (Å²) in [6.07, 6.45) is 12.9. The third-order valence-electron chi connectivity index (χ3n) is 7.49. The van der Waals surface area contributed by atoms with E-state index in [2.05, 4.69) is 86.5 Å². The maximum absolute atomic E-state index is 11.6. The van der Waals surface area contributed by atoms with Crippen LogP contribution in [0.5, 0.6) is 11.5 Å². The van der Waals surface area contributed by atoms with Crippen LogP contribution in [0.25, 0.3) is 44.1 Å². The third-order valence-corrected chi connectivity index (χ3v) is 8.40. The number of hydrogen-bond acceptors (Lipinski definition) is 12. The molecule has 302 valence electrons.